The van der Waals surface area contributed by atoms with Crippen molar-refractivity contribution in [1.82, 2.24) is 10.6 Å². The van der Waals surface area contributed by atoms with Crippen LogP contribution in [0.2, 0.25) is 0 Å². The maximum Gasteiger partial charge on any atom is 0.0172 e. The lowest BCUT2D eigenvalue weighted by Gasteiger charge is -2.34. The molecular formula is C16H30N2S. The van der Waals surface area contributed by atoms with Gasteiger partial charge in [-0.25, -0.2) is 0 Å². The fourth-order valence-electron chi connectivity index (χ4n) is 4.22. The third kappa shape index (κ3) is 3.89. The summed E-state index contributed by atoms with van der Waals surface area (Å²) in [7, 11) is 0. The molecule has 1 saturated carbocycles. The largest absolute Gasteiger partial charge is 0.314 e. The molecule has 3 fully saturated rings. The van der Waals surface area contributed by atoms with Gasteiger partial charge < -0.3 is 10.6 Å². The van der Waals surface area contributed by atoms with E-state index >= 15 is 0 Å². The van der Waals surface area contributed by atoms with Gasteiger partial charge in [0.25, 0.3) is 0 Å². The zero-order chi connectivity index (χ0) is 12.9. The Balaban J connectivity index is 1.45. The molecule has 0 aromatic rings. The van der Waals surface area contributed by atoms with E-state index in [0.29, 0.717) is 0 Å². The molecule has 2 aliphatic heterocycles. The van der Waals surface area contributed by atoms with Crippen molar-refractivity contribution in [1.29, 1.82) is 0 Å². The van der Waals surface area contributed by atoms with Crippen molar-refractivity contribution >= 4 is 11.8 Å². The Morgan fingerprint density at radius 3 is 2.68 bits per heavy atom. The zero-order valence-electron chi connectivity index (χ0n) is 12.2. The van der Waals surface area contributed by atoms with Crippen molar-refractivity contribution in [3.05, 3.63) is 0 Å². The molecule has 0 amide bonds. The van der Waals surface area contributed by atoms with E-state index in [1.54, 1.807) is 0 Å². The topological polar surface area (TPSA) is 24.1 Å². The Morgan fingerprint density at radius 1 is 0.947 bits per heavy atom. The minimum atomic E-state index is 0.804. The van der Waals surface area contributed by atoms with E-state index in [1.165, 1.54) is 76.6 Å². The molecule has 2 nitrogen and oxygen atoms in total. The van der Waals surface area contributed by atoms with Crippen LogP contribution in [0.1, 0.15) is 57.8 Å². The maximum atomic E-state index is 3.94. The number of thioether (sulfide) groups is 1. The third-order valence-corrected chi connectivity index (χ3v) is 6.71. The second-order valence-corrected chi connectivity index (χ2v) is 8.06. The second kappa shape index (κ2) is 7.33. The Morgan fingerprint density at radius 2 is 1.89 bits per heavy atom. The van der Waals surface area contributed by atoms with Crippen LogP contribution in [0, 0.1) is 5.92 Å². The molecule has 4 atom stereocenters. The Labute approximate surface area is 122 Å². The van der Waals surface area contributed by atoms with Crippen LogP contribution in [0.4, 0.5) is 0 Å². The van der Waals surface area contributed by atoms with E-state index in [-0.39, 0.29) is 0 Å². The summed E-state index contributed by atoms with van der Waals surface area (Å²) in [6, 6.07) is 1.62. The SMILES string of the molecule is C1CCC(C2CCCC2NCC2CCCCS2)NC1. The first kappa shape index (κ1) is 14.2. The highest BCUT2D eigenvalue weighted by Gasteiger charge is 2.34. The highest BCUT2D eigenvalue weighted by Crippen LogP contribution is 2.32. The molecule has 3 heteroatoms. The Hall–Kier alpha value is 0.270. The quantitative estimate of drug-likeness (QED) is 0.828. The molecule has 3 rings (SSSR count). The molecule has 19 heavy (non-hydrogen) atoms. The smallest absolute Gasteiger partial charge is 0.0172 e. The predicted octanol–water partition coefficient (Wildman–Crippen LogP) is 3.17. The third-order valence-electron chi connectivity index (χ3n) is 5.32. The van der Waals surface area contributed by atoms with Gasteiger partial charge in [0.15, 0.2) is 0 Å². The Kier molecular flexibility index (Phi) is 5.48. The van der Waals surface area contributed by atoms with E-state index in [2.05, 4.69) is 22.4 Å². The van der Waals surface area contributed by atoms with Crippen LogP contribution < -0.4 is 10.6 Å². The lowest BCUT2D eigenvalue weighted by Crippen LogP contribution is -2.48. The minimum Gasteiger partial charge on any atom is -0.314 e. The molecule has 3 aliphatic rings. The molecule has 0 spiro atoms. The lowest BCUT2D eigenvalue weighted by atomic mass is 9.88. The zero-order valence-corrected chi connectivity index (χ0v) is 13.0. The van der Waals surface area contributed by atoms with Gasteiger partial charge in [-0.3, -0.25) is 0 Å². The average molecular weight is 282 g/mol. The van der Waals surface area contributed by atoms with Gasteiger partial charge in [0.2, 0.25) is 0 Å². The standard InChI is InChI=1S/C16H30N2S/c1-3-10-17-15(8-1)14-7-5-9-16(14)18-12-13-6-2-4-11-19-13/h13-18H,1-12H2. The molecular weight excluding hydrogens is 252 g/mol. The summed E-state index contributed by atoms with van der Waals surface area (Å²) in [6.07, 6.45) is 12.9. The molecule has 1 aliphatic carbocycles. The van der Waals surface area contributed by atoms with Crippen molar-refractivity contribution in [3.8, 4) is 0 Å². The van der Waals surface area contributed by atoms with Gasteiger partial charge in [0, 0.05) is 23.9 Å². The van der Waals surface area contributed by atoms with Crippen molar-refractivity contribution in [2.45, 2.75) is 75.1 Å². The monoisotopic (exact) mass is 282 g/mol. The second-order valence-electron chi connectivity index (χ2n) is 6.65. The van der Waals surface area contributed by atoms with E-state index < -0.39 is 0 Å². The number of nitrogens with one attached hydrogen (secondary N) is 2. The van der Waals surface area contributed by atoms with Gasteiger partial charge in [-0.2, -0.15) is 11.8 Å². The van der Waals surface area contributed by atoms with Crippen LogP contribution in [0.15, 0.2) is 0 Å². The molecule has 4 unspecified atom stereocenters. The first-order valence-corrected chi connectivity index (χ1v) is 9.57. The number of piperidine rings is 1. The van der Waals surface area contributed by atoms with Crippen molar-refractivity contribution in [3.63, 3.8) is 0 Å². The van der Waals surface area contributed by atoms with Crippen molar-refractivity contribution in [2.75, 3.05) is 18.8 Å². The summed E-state index contributed by atoms with van der Waals surface area (Å²) in [6.45, 7) is 2.52. The summed E-state index contributed by atoms with van der Waals surface area (Å²) in [4.78, 5) is 0. The fourth-order valence-corrected chi connectivity index (χ4v) is 5.47. The number of rotatable bonds is 4. The van der Waals surface area contributed by atoms with E-state index in [1.807, 2.05) is 0 Å². The van der Waals surface area contributed by atoms with Gasteiger partial charge in [-0.1, -0.05) is 19.3 Å². The van der Waals surface area contributed by atoms with Crippen molar-refractivity contribution < 1.29 is 0 Å². The van der Waals surface area contributed by atoms with Gasteiger partial charge in [0.1, 0.15) is 0 Å². The molecule has 2 saturated heterocycles. The molecule has 110 valence electrons. The van der Waals surface area contributed by atoms with Gasteiger partial charge in [0.05, 0.1) is 0 Å². The van der Waals surface area contributed by atoms with Crippen LogP contribution in [0.3, 0.4) is 0 Å². The summed E-state index contributed by atoms with van der Waals surface area (Å²) in [5.41, 5.74) is 0. The fraction of sp³-hybridized carbons (Fsp3) is 1.00. The molecule has 2 heterocycles. The maximum absolute atomic E-state index is 3.94. The summed E-state index contributed by atoms with van der Waals surface area (Å²) in [5.74, 6) is 2.30. The summed E-state index contributed by atoms with van der Waals surface area (Å²) >= 11 is 2.21. The van der Waals surface area contributed by atoms with Gasteiger partial charge >= 0.3 is 0 Å². The predicted molar refractivity (Wildman–Crippen MR) is 84.9 cm³/mol. The highest BCUT2D eigenvalue weighted by molar-refractivity contribution is 7.99. The average Bonchev–Trinajstić information content (AvgIpc) is 2.95. The molecule has 0 radical (unpaired) electrons. The van der Waals surface area contributed by atoms with Gasteiger partial charge in [-0.05, 0) is 56.7 Å². The molecule has 0 aromatic heterocycles. The van der Waals surface area contributed by atoms with Crippen LogP contribution in [-0.2, 0) is 0 Å². The summed E-state index contributed by atoms with van der Waals surface area (Å²) < 4.78 is 0. The van der Waals surface area contributed by atoms with Crippen LogP contribution in [0.5, 0.6) is 0 Å². The molecule has 0 aromatic carbocycles. The highest BCUT2D eigenvalue weighted by atomic mass is 32.2. The van der Waals surface area contributed by atoms with Crippen LogP contribution in [-0.4, -0.2) is 36.2 Å². The number of hydrogen-bond donors (Lipinski definition) is 2. The van der Waals surface area contributed by atoms with Crippen LogP contribution in [0.25, 0.3) is 0 Å². The minimum absolute atomic E-state index is 0.804. The van der Waals surface area contributed by atoms with E-state index in [4.69, 9.17) is 0 Å². The molecule has 0 bridgehead atoms. The summed E-state index contributed by atoms with van der Waals surface area (Å²) in [5, 5.41) is 8.62. The first-order chi connectivity index (χ1) is 9.43. The number of hydrogen-bond acceptors (Lipinski definition) is 3. The van der Waals surface area contributed by atoms with Crippen LogP contribution >= 0.6 is 11.8 Å². The Bertz CT molecular complexity index is 259. The normalized spacial score (nSPS) is 40.4. The van der Waals surface area contributed by atoms with Crippen molar-refractivity contribution in [2.24, 2.45) is 5.92 Å². The van der Waals surface area contributed by atoms with E-state index in [9.17, 15) is 0 Å². The lowest BCUT2D eigenvalue weighted by molar-refractivity contribution is 0.257. The van der Waals surface area contributed by atoms with E-state index in [0.717, 1.165) is 23.3 Å². The van der Waals surface area contributed by atoms with Gasteiger partial charge in [-0.15, -0.1) is 0 Å². The first-order valence-electron chi connectivity index (χ1n) is 8.52. The molecule has 2 N–H and O–H groups in total.